The number of nitriles is 1. The molecule has 196 valence electrons. The number of rotatable bonds is 8. The summed E-state index contributed by atoms with van der Waals surface area (Å²) in [5.41, 5.74) is 0.631. The maximum Gasteiger partial charge on any atom is 0.420 e. The van der Waals surface area contributed by atoms with Crippen LogP contribution in [0.25, 0.3) is 17.1 Å². The Balaban J connectivity index is 1.62. The number of aromatic nitrogens is 4. The van der Waals surface area contributed by atoms with Crippen LogP contribution in [-0.4, -0.2) is 55.3 Å². The van der Waals surface area contributed by atoms with Gasteiger partial charge in [0.05, 0.1) is 11.3 Å². The third kappa shape index (κ3) is 6.60. The van der Waals surface area contributed by atoms with Crippen LogP contribution in [0.3, 0.4) is 0 Å². The minimum atomic E-state index is -4.65. The Morgan fingerprint density at radius 2 is 1.97 bits per heavy atom. The molecular weight excluding hydrogens is 501 g/mol. The number of hydrogen-bond acceptors (Lipinski definition) is 8. The minimum Gasteiger partial charge on any atom is -0.351 e. The zero-order valence-corrected chi connectivity index (χ0v) is 21.7. The van der Waals surface area contributed by atoms with E-state index in [4.69, 9.17) is 0 Å². The van der Waals surface area contributed by atoms with Crippen molar-refractivity contribution in [2.24, 2.45) is 0 Å². The molecule has 1 saturated heterocycles. The fourth-order valence-corrected chi connectivity index (χ4v) is 4.70. The van der Waals surface area contributed by atoms with Crippen molar-refractivity contribution in [1.29, 1.82) is 5.26 Å². The molecule has 0 amide bonds. The van der Waals surface area contributed by atoms with Gasteiger partial charge in [-0.05, 0) is 36.8 Å². The number of alkyl halides is 3. The molecule has 2 aromatic heterocycles. The molecule has 12 heteroatoms. The van der Waals surface area contributed by atoms with E-state index in [9.17, 15) is 18.4 Å². The van der Waals surface area contributed by atoms with Crippen LogP contribution in [0.15, 0.2) is 36.9 Å². The van der Waals surface area contributed by atoms with Crippen LogP contribution in [-0.2, 0) is 12.7 Å². The molecule has 4 rings (SSSR count). The van der Waals surface area contributed by atoms with Crippen LogP contribution in [0.1, 0.15) is 43.4 Å². The van der Waals surface area contributed by atoms with Gasteiger partial charge < -0.3 is 15.2 Å². The van der Waals surface area contributed by atoms with Crippen molar-refractivity contribution in [2.45, 2.75) is 51.5 Å². The van der Waals surface area contributed by atoms with E-state index in [2.05, 4.69) is 36.0 Å². The van der Waals surface area contributed by atoms with E-state index in [1.807, 2.05) is 26.2 Å². The zero-order chi connectivity index (χ0) is 26.6. The maximum atomic E-state index is 13.8. The summed E-state index contributed by atoms with van der Waals surface area (Å²) in [6.45, 7) is 6.42. The molecule has 0 radical (unpaired) electrons. The Kier molecular flexibility index (Phi) is 8.36. The Morgan fingerprint density at radius 3 is 2.62 bits per heavy atom. The Bertz CT molecular complexity index is 1260. The second-order valence-corrected chi connectivity index (χ2v) is 10.0. The van der Waals surface area contributed by atoms with Crippen LogP contribution in [0.2, 0.25) is 0 Å². The molecular formula is C25H29F3N8S. The fraction of sp³-hybridized carbons (Fsp3) is 0.440. The molecule has 37 heavy (non-hydrogen) atoms. The summed E-state index contributed by atoms with van der Waals surface area (Å²) >= 11 is 1.68. The summed E-state index contributed by atoms with van der Waals surface area (Å²) < 4.78 is 45.3. The van der Waals surface area contributed by atoms with Gasteiger partial charge in [0.2, 0.25) is 5.95 Å². The SMILES string of the molecule is CSN1CCC(Nc2ncc(C(F)(F)F)c(-c3cn(-c4ccc(CNC(C)C)cc4C#N)cn3)n2)CC1. The van der Waals surface area contributed by atoms with Crippen LogP contribution in [0.5, 0.6) is 0 Å². The summed E-state index contributed by atoms with van der Waals surface area (Å²) in [6, 6.07) is 7.94. The lowest BCUT2D eigenvalue weighted by atomic mass is 10.1. The smallest absolute Gasteiger partial charge is 0.351 e. The first kappa shape index (κ1) is 26.9. The summed E-state index contributed by atoms with van der Waals surface area (Å²) in [5.74, 6) is 0.139. The van der Waals surface area contributed by atoms with Gasteiger partial charge in [0.1, 0.15) is 29.3 Å². The van der Waals surface area contributed by atoms with Gasteiger partial charge in [-0.2, -0.15) is 18.4 Å². The van der Waals surface area contributed by atoms with Gasteiger partial charge in [0.25, 0.3) is 0 Å². The number of hydrogen-bond donors (Lipinski definition) is 2. The van der Waals surface area contributed by atoms with Crippen molar-refractivity contribution in [2.75, 3.05) is 24.7 Å². The lowest BCUT2D eigenvalue weighted by Crippen LogP contribution is -2.35. The van der Waals surface area contributed by atoms with Crippen molar-refractivity contribution in [3.8, 4) is 23.1 Å². The summed E-state index contributed by atoms with van der Waals surface area (Å²) in [7, 11) is 0. The molecule has 0 saturated carbocycles. The molecule has 3 heterocycles. The molecule has 0 spiro atoms. The average molecular weight is 531 g/mol. The minimum absolute atomic E-state index is 0.0458. The normalized spacial score (nSPS) is 15.2. The predicted octanol–water partition coefficient (Wildman–Crippen LogP) is 4.87. The highest BCUT2D eigenvalue weighted by atomic mass is 32.2. The number of piperidine rings is 1. The molecule has 8 nitrogen and oxygen atoms in total. The van der Waals surface area contributed by atoms with Gasteiger partial charge in [-0.1, -0.05) is 31.9 Å². The number of imidazole rings is 1. The zero-order valence-electron chi connectivity index (χ0n) is 20.9. The topological polar surface area (TPSA) is 94.7 Å². The molecule has 0 atom stereocenters. The first-order valence-corrected chi connectivity index (χ1v) is 13.2. The third-order valence-electron chi connectivity index (χ3n) is 6.14. The molecule has 0 bridgehead atoms. The molecule has 0 aliphatic carbocycles. The summed E-state index contributed by atoms with van der Waals surface area (Å²) in [5, 5.41) is 16.2. The molecule has 1 aliphatic heterocycles. The highest BCUT2D eigenvalue weighted by Gasteiger charge is 2.36. The van der Waals surface area contributed by atoms with E-state index < -0.39 is 11.7 Å². The average Bonchev–Trinajstić information content (AvgIpc) is 3.37. The first-order chi connectivity index (χ1) is 17.7. The molecule has 1 aliphatic rings. The fourth-order valence-electron chi connectivity index (χ4n) is 4.13. The Morgan fingerprint density at radius 1 is 1.22 bits per heavy atom. The van der Waals surface area contributed by atoms with Crippen molar-refractivity contribution in [3.63, 3.8) is 0 Å². The number of halogens is 3. The van der Waals surface area contributed by atoms with E-state index in [1.54, 1.807) is 28.6 Å². The number of anilines is 1. The predicted molar refractivity (Wildman–Crippen MR) is 138 cm³/mol. The first-order valence-electron chi connectivity index (χ1n) is 12.0. The van der Waals surface area contributed by atoms with E-state index in [1.165, 1.54) is 12.5 Å². The largest absolute Gasteiger partial charge is 0.420 e. The second kappa shape index (κ2) is 11.5. The van der Waals surface area contributed by atoms with Crippen LogP contribution in [0, 0.1) is 11.3 Å². The highest BCUT2D eigenvalue weighted by Crippen LogP contribution is 2.36. The van der Waals surface area contributed by atoms with E-state index in [0.29, 0.717) is 23.8 Å². The van der Waals surface area contributed by atoms with Crippen LogP contribution >= 0.6 is 11.9 Å². The van der Waals surface area contributed by atoms with Crippen molar-refractivity contribution >= 4 is 17.9 Å². The molecule has 1 fully saturated rings. The van der Waals surface area contributed by atoms with Crippen LogP contribution < -0.4 is 10.6 Å². The monoisotopic (exact) mass is 530 g/mol. The van der Waals surface area contributed by atoms with Crippen molar-refractivity contribution in [1.82, 2.24) is 29.1 Å². The quantitative estimate of drug-likeness (QED) is 0.399. The van der Waals surface area contributed by atoms with E-state index in [0.717, 1.165) is 37.7 Å². The Labute approximate surface area is 218 Å². The summed E-state index contributed by atoms with van der Waals surface area (Å²) in [4.78, 5) is 12.4. The highest BCUT2D eigenvalue weighted by molar-refractivity contribution is 7.96. The maximum absolute atomic E-state index is 13.8. The molecule has 2 N–H and O–H groups in total. The summed E-state index contributed by atoms with van der Waals surface area (Å²) in [6.07, 6.45) is 2.72. The van der Waals surface area contributed by atoms with Crippen molar-refractivity contribution in [3.05, 3.63) is 53.6 Å². The molecule has 3 aromatic rings. The second-order valence-electron chi connectivity index (χ2n) is 9.15. The number of benzene rings is 1. The van der Waals surface area contributed by atoms with Gasteiger partial charge in [-0.3, -0.25) is 4.31 Å². The van der Waals surface area contributed by atoms with Crippen LogP contribution in [0.4, 0.5) is 19.1 Å². The van der Waals surface area contributed by atoms with Gasteiger partial charge in [-0.25, -0.2) is 15.0 Å². The lowest BCUT2D eigenvalue weighted by molar-refractivity contribution is -0.137. The van der Waals surface area contributed by atoms with Gasteiger partial charge >= 0.3 is 6.18 Å². The molecule has 1 aromatic carbocycles. The van der Waals surface area contributed by atoms with E-state index >= 15 is 0 Å². The third-order valence-corrected chi connectivity index (χ3v) is 7.02. The van der Waals surface area contributed by atoms with Gasteiger partial charge in [0, 0.05) is 44.1 Å². The lowest BCUT2D eigenvalue weighted by Gasteiger charge is -2.30. The van der Waals surface area contributed by atoms with Gasteiger partial charge in [-0.15, -0.1) is 0 Å². The standard InChI is InChI=1S/C25H29F3N8S/c1-16(2)30-12-17-4-5-22(18(10-17)11-29)35-14-21(32-15-35)23-20(25(26,27)28)13-31-24(34-23)33-19-6-8-36(37-3)9-7-19/h4-5,10,13-16,19,30H,6-9,12H2,1-3H3,(H,31,33,34). The van der Waals surface area contributed by atoms with Crippen molar-refractivity contribution < 1.29 is 13.2 Å². The van der Waals surface area contributed by atoms with E-state index in [-0.39, 0.29) is 23.4 Å². The van der Waals surface area contributed by atoms with Gasteiger partial charge in [0.15, 0.2) is 0 Å². The number of nitrogens with zero attached hydrogens (tertiary/aromatic N) is 6. The number of nitrogens with one attached hydrogen (secondary N) is 2. The molecule has 0 unspecified atom stereocenters. The Hall–Kier alpha value is -3.14.